The number of carbonyl (C=O) groups is 2. The summed E-state index contributed by atoms with van der Waals surface area (Å²) in [7, 11) is 1.36. The molecule has 1 heterocycles. The van der Waals surface area contributed by atoms with Gasteiger partial charge in [0.05, 0.1) is 0 Å². The van der Waals surface area contributed by atoms with Gasteiger partial charge in [-0.2, -0.15) is 0 Å². The van der Waals surface area contributed by atoms with Crippen molar-refractivity contribution in [2.24, 2.45) is 0 Å². The average Bonchev–Trinajstić information content (AvgIpc) is 2.66. The van der Waals surface area contributed by atoms with Crippen molar-refractivity contribution < 1.29 is 24.2 Å². The fraction of sp³-hybridized carbons (Fsp3) is 0.316. The van der Waals surface area contributed by atoms with Gasteiger partial charge in [-0.25, -0.2) is 4.79 Å². The number of aromatic nitrogens is 1. The predicted molar refractivity (Wildman–Crippen MR) is 95.0 cm³/mol. The van der Waals surface area contributed by atoms with E-state index in [1.807, 2.05) is 12.1 Å². The van der Waals surface area contributed by atoms with E-state index < -0.39 is 12.1 Å². The lowest BCUT2D eigenvalue weighted by Crippen LogP contribution is -2.30. The van der Waals surface area contributed by atoms with E-state index in [2.05, 4.69) is 10.3 Å². The van der Waals surface area contributed by atoms with Gasteiger partial charge in [0.2, 0.25) is 0 Å². The highest BCUT2D eigenvalue weighted by Crippen LogP contribution is 2.14. The molecule has 7 heteroatoms. The van der Waals surface area contributed by atoms with Crippen LogP contribution in [0.25, 0.3) is 0 Å². The van der Waals surface area contributed by atoms with Gasteiger partial charge in [0.1, 0.15) is 5.75 Å². The van der Waals surface area contributed by atoms with Crippen LogP contribution >= 0.6 is 0 Å². The molecule has 0 aliphatic heterocycles. The Balaban J connectivity index is 1.71. The van der Waals surface area contributed by atoms with Crippen molar-refractivity contribution in [3.8, 4) is 5.75 Å². The van der Waals surface area contributed by atoms with Crippen molar-refractivity contribution in [3.05, 3.63) is 59.9 Å². The first-order valence-electron chi connectivity index (χ1n) is 8.21. The maximum Gasteiger partial charge on any atom is 0.333 e. The Morgan fingerprint density at radius 3 is 2.58 bits per heavy atom. The molecule has 0 spiro atoms. The summed E-state index contributed by atoms with van der Waals surface area (Å²) in [5, 5.41) is 11.8. The number of amides is 1. The summed E-state index contributed by atoms with van der Waals surface area (Å²) in [6.07, 6.45) is 3.56. The zero-order chi connectivity index (χ0) is 18.8. The minimum atomic E-state index is -1.00. The number of aliphatic carboxylic acids is 1. The number of nitrogens with zero attached hydrogens (tertiary/aromatic N) is 1. The molecule has 1 amide bonds. The van der Waals surface area contributed by atoms with Crippen molar-refractivity contribution in [3.63, 3.8) is 0 Å². The van der Waals surface area contributed by atoms with Gasteiger partial charge in [-0.1, -0.05) is 18.2 Å². The van der Waals surface area contributed by atoms with Gasteiger partial charge in [-0.05, 0) is 35.7 Å². The van der Waals surface area contributed by atoms with Crippen LogP contribution in [-0.4, -0.2) is 48.3 Å². The highest BCUT2D eigenvalue weighted by Gasteiger charge is 2.16. The second-order valence-electron chi connectivity index (χ2n) is 5.66. The van der Waals surface area contributed by atoms with Crippen LogP contribution in [0, 0.1) is 0 Å². The number of carbonyl (C=O) groups excluding carboxylic acids is 1. The largest absolute Gasteiger partial charge is 0.484 e. The molecule has 0 saturated carbocycles. The van der Waals surface area contributed by atoms with Crippen LogP contribution < -0.4 is 10.1 Å². The number of benzene rings is 1. The summed E-state index contributed by atoms with van der Waals surface area (Å²) < 4.78 is 10.3. The van der Waals surface area contributed by atoms with E-state index in [1.165, 1.54) is 7.11 Å². The first-order valence-corrected chi connectivity index (χ1v) is 8.21. The summed E-state index contributed by atoms with van der Waals surface area (Å²) in [5.41, 5.74) is 1.87. The smallest absolute Gasteiger partial charge is 0.333 e. The molecular formula is C19H22N2O5. The summed E-state index contributed by atoms with van der Waals surface area (Å²) >= 11 is 0. The number of ether oxygens (including phenoxy) is 2. The number of hydrogen-bond acceptors (Lipinski definition) is 5. The van der Waals surface area contributed by atoms with Crippen molar-refractivity contribution >= 4 is 11.9 Å². The van der Waals surface area contributed by atoms with E-state index in [4.69, 9.17) is 14.6 Å². The average molecular weight is 358 g/mol. The van der Waals surface area contributed by atoms with E-state index in [-0.39, 0.29) is 18.9 Å². The van der Waals surface area contributed by atoms with Crippen LogP contribution in [0.1, 0.15) is 11.1 Å². The van der Waals surface area contributed by atoms with E-state index in [1.54, 1.807) is 36.7 Å². The second-order valence-corrected chi connectivity index (χ2v) is 5.66. The molecule has 0 saturated heterocycles. The third-order valence-corrected chi connectivity index (χ3v) is 3.73. The monoisotopic (exact) mass is 358 g/mol. The van der Waals surface area contributed by atoms with Crippen LogP contribution in [0.15, 0.2) is 48.8 Å². The van der Waals surface area contributed by atoms with E-state index >= 15 is 0 Å². The minimum Gasteiger partial charge on any atom is -0.484 e. The Hall–Kier alpha value is -2.93. The first kappa shape index (κ1) is 19.4. The summed E-state index contributed by atoms with van der Waals surface area (Å²) in [5.74, 6) is -0.667. The quantitative estimate of drug-likeness (QED) is 0.667. The molecule has 1 aromatic heterocycles. The Bertz CT molecular complexity index is 704. The molecule has 2 N–H and O–H groups in total. The number of methoxy groups -OCH3 is 1. The third-order valence-electron chi connectivity index (χ3n) is 3.73. The normalized spacial score (nSPS) is 11.6. The lowest BCUT2D eigenvalue weighted by Gasteiger charge is -2.11. The van der Waals surface area contributed by atoms with Crippen molar-refractivity contribution in [2.45, 2.75) is 18.9 Å². The molecule has 26 heavy (non-hydrogen) atoms. The number of rotatable bonds is 10. The molecule has 0 unspecified atom stereocenters. The Labute approximate surface area is 152 Å². The Morgan fingerprint density at radius 2 is 1.96 bits per heavy atom. The summed E-state index contributed by atoms with van der Waals surface area (Å²) in [6, 6.07) is 10.7. The topological polar surface area (TPSA) is 97.8 Å². The zero-order valence-electron chi connectivity index (χ0n) is 14.6. The minimum absolute atomic E-state index is 0.0811. The molecule has 2 aromatic rings. The van der Waals surface area contributed by atoms with Crippen LogP contribution in [0.3, 0.4) is 0 Å². The molecule has 2 rings (SSSR count). The van der Waals surface area contributed by atoms with E-state index in [0.29, 0.717) is 18.7 Å². The van der Waals surface area contributed by atoms with Gasteiger partial charge in [0, 0.05) is 32.5 Å². The molecule has 0 fully saturated rings. The molecule has 1 atom stereocenters. The van der Waals surface area contributed by atoms with Crippen molar-refractivity contribution in [1.29, 1.82) is 0 Å². The van der Waals surface area contributed by atoms with E-state index in [9.17, 15) is 9.59 Å². The molecule has 0 radical (unpaired) electrons. The lowest BCUT2D eigenvalue weighted by molar-refractivity contribution is -0.148. The second kappa shape index (κ2) is 10.1. The van der Waals surface area contributed by atoms with Gasteiger partial charge in [0.15, 0.2) is 12.7 Å². The first-order chi connectivity index (χ1) is 12.6. The van der Waals surface area contributed by atoms with Crippen LogP contribution in [0.4, 0.5) is 0 Å². The summed E-state index contributed by atoms with van der Waals surface area (Å²) in [6.45, 7) is 0.433. The maximum atomic E-state index is 11.8. The van der Waals surface area contributed by atoms with Gasteiger partial charge in [-0.15, -0.1) is 0 Å². The molecule has 0 aliphatic carbocycles. The van der Waals surface area contributed by atoms with Gasteiger partial charge in [-0.3, -0.25) is 9.78 Å². The van der Waals surface area contributed by atoms with Crippen molar-refractivity contribution in [2.75, 3.05) is 20.3 Å². The molecule has 0 aliphatic rings. The van der Waals surface area contributed by atoms with Gasteiger partial charge in [0.25, 0.3) is 5.91 Å². The molecule has 7 nitrogen and oxygen atoms in total. The number of carboxylic acid groups (broad SMARTS) is 1. The van der Waals surface area contributed by atoms with Gasteiger partial charge >= 0.3 is 5.97 Å². The number of hydrogen-bond donors (Lipinski definition) is 2. The molecule has 1 aromatic carbocycles. The lowest BCUT2D eigenvalue weighted by atomic mass is 10.1. The summed E-state index contributed by atoms with van der Waals surface area (Å²) in [4.78, 5) is 26.8. The number of pyridine rings is 1. The zero-order valence-corrected chi connectivity index (χ0v) is 14.6. The molecular weight excluding hydrogens is 336 g/mol. The van der Waals surface area contributed by atoms with Crippen molar-refractivity contribution in [1.82, 2.24) is 10.3 Å². The molecule has 138 valence electrons. The highest BCUT2D eigenvalue weighted by molar-refractivity contribution is 5.77. The highest BCUT2D eigenvalue weighted by atomic mass is 16.5. The fourth-order valence-corrected chi connectivity index (χ4v) is 2.30. The Morgan fingerprint density at radius 1 is 1.19 bits per heavy atom. The maximum absolute atomic E-state index is 11.8. The van der Waals surface area contributed by atoms with Crippen LogP contribution in [0.5, 0.6) is 5.75 Å². The Kier molecular flexibility index (Phi) is 7.57. The van der Waals surface area contributed by atoms with Crippen LogP contribution in [0.2, 0.25) is 0 Å². The van der Waals surface area contributed by atoms with Gasteiger partial charge < -0.3 is 19.9 Å². The fourth-order valence-electron chi connectivity index (χ4n) is 2.30. The molecule has 0 bridgehead atoms. The predicted octanol–water partition coefficient (Wildman–Crippen LogP) is 1.46. The number of nitrogens with one attached hydrogen (secondary N) is 1. The standard InChI is InChI=1S/C19H22N2O5/c1-25-17(19(23)24)11-14-4-6-16(7-5-14)26-13-18(22)21-10-8-15-3-2-9-20-12-15/h2-7,9,12,17H,8,10-11,13H2,1H3,(H,21,22)(H,23,24)/t17-/m0/s1. The SMILES string of the molecule is CO[C@@H](Cc1ccc(OCC(=O)NCCc2cccnc2)cc1)C(=O)O. The third kappa shape index (κ3) is 6.52. The van der Waals surface area contributed by atoms with Crippen LogP contribution in [-0.2, 0) is 27.2 Å². The number of carboxylic acids is 1. The van der Waals surface area contributed by atoms with E-state index in [0.717, 1.165) is 11.1 Å².